The summed E-state index contributed by atoms with van der Waals surface area (Å²) in [7, 11) is -2.07. The smallest absolute Gasteiger partial charge is 0.253 e. The van der Waals surface area contributed by atoms with Gasteiger partial charge in [-0.3, -0.25) is 4.79 Å². The molecule has 0 fully saturated rings. The Morgan fingerprint density at radius 1 is 1.00 bits per heavy atom. The van der Waals surface area contributed by atoms with Crippen molar-refractivity contribution >= 4 is 15.9 Å². The van der Waals surface area contributed by atoms with Gasteiger partial charge >= 0.3 is 0 Å². The van der Waals surface area contributed by atoms with Crippen molar-refractivity contribution in [3.05, 3.63) is 90.0 Å². The van der Waals surface area contributed by atoms with Crippen molar-refractivity contribution in [3.8, 4) is 23.5 Å². The zero-order chi connectivity index (χ0) is 21.6. The molecule has 6 heteroatoms. The van der Waals surface area contributed by atoms with Crippen LogP contribution in [0.5, 0.6) is 0 Å². The molecule has 1 amide bonds. The normalized spacial score (nSPS) is 10.9. The first-order valence-electron chi connectivity index (χ1n) is 9.34. The van der Waals surface area contributed by atoms with Crippen molar-refractivity contribution in [1.82, 2.24) is 9.62 Å². The lowest BCUT2D eigenvalue weighted by atomic mass is 9.99. The molecule has 0 heterocycles. The van der Waals surface area contributed by atoms with Crippen LogP contribution in [0.25, 0.3) is 11.1 Å². The number of hydrogen-bond acceptors (Lipinski definition) is 3. The first kappa shape index (κ1) is 21.3. The first-order chi connectivity index (χ1) is 14.4. The molecule has 0 unspecified atom stereocenters. The van der Waals surface area contributed by atoms with E-state index < -0.39 is 10.0 Å². The highest BCUT2D eigenvalue weighted by atomic mass is 32.2. The van der Waals surface area contributed by atoms with E-state index >= 15 is 0 Å². The monoisotopic (exact) mass is 418 g/mol. The number of amides is 1. The van der Waals surface area contributed by atoms with Crippen molar-refractivity contribution in [2.24, 2.45) is 0 Å². The minimum absolute atomic E-state index is 0.00156. The molecular weight excluding hydrogens is 396 g/mol. The van der Waals surface area contributed by atoms with Crippen LogP contribution in [0.4, 0.5) is 0 Å². The molecule has 3 rings (SSSR count). The maximum absolute atomic E-state index is 13.0. The van der Waals surface area contributed by atoms with E-state index in [4.69, 9.17) is 6.42 Å². The molecule has 3 aromatic rings. The van der Waals surface area contributed by atoms with Crippen LogP contribution in [-0.2, 0) is 16.6 Å². The summed E-state index contributed by atoms with van der Waals surface area (Å²) < 4.78 is 26.9. The molecule has 0 aromatic heterocycles. The van der Waals surface area contributed by atoms with Crippen LogP contribution >= 0.6 is 0 Å². The van der Waals surface area contributed by atoms with E-state index in [0.29, 0.717) is 12.1 Å². The Balaban J connectivity index is 1.83. The Bertz CT molecular complexity index is 1180. The molecule has 0 saturated heterocycles. The van der Waals surface area contributed by atoms with Crippen molar-refractivity contribution in [2.45, 2.75) is 11.4 Å². The average Bonchev–Trinajstić information content (AvgIpc) is 2.78. The van der Waals surface area contributed by atoms with E-state index in [-0.39, 0.29) is 17.3 Å². The van der Waals surface area contributed by atoms with Crippen molar-refractivity contribution in [3.63, 3.8) is 0 Å². The van der Waals surface area contributed by atoms with E-state index in [1.807, 2.05) is 54.6 Å². The predicted octanol–water partition coefficient (Wildman–Crippen LogP) is 3.54. The Hall–Kier alpha value is -3.40. The number of nitrogens with zero attached hydrogens (tertiary/aromatic N) is 1. The third-order valence-electron chi connectivity index (χ3n) is 4.61. The van der Waals surface area contributed by atoms with Gasteiger partial charge in [0.25, 0.3) is 5.91 Å². The average molecular weight is 419 g/mol. The van der Waals surface area contributed by atoms with Crippen molar-refractivity contribution < 1.29 is 13.2 Å². The standard InChI is InChI=1S/C24H22N2O3S/c1-3-16-25-30(28,29)22-14-9-13-20(17-22)24(27)26(2)18-21-12-7-8-15-23(21)19-10-5-4-6-11-19/h1,4-15,17,25H,16,18H2,2H3. The summed E-state index contributed by atoms with van der Waals surface area (Å²) in [4.78, 5) is 14.5. The number of hydrogen-bond donors (Lipinski definition) is 1. The van der Waals surface area contributed by atoms with Gasteiger partial charge in [-0.05, 0) is 34.9 Å². The van der Waals surface area contributed by atoms with Gasteiger partial charge in [0.15, 0.2) is 0 Å². The maximum Gasteiger partial charge on any atom is 0.253 e. The van der Waals surface area contributed by atoms with E-state index in [0.717, 1.165) is 16.7 Å². The Morgan fingerprint density at radius 2 is 1.70 bits per heavy atom. The number of rotatable bonds is 7. The molecular formula is C24H22N2O3S. The fraction of sp³-hybridized carbons (Fsp3) is 0.125. The van der Waals surface area contributed by atoms with Gasteiger partial charge < -0.3 is 4.90 Å². The van der Waals surface area contributed by atoms with Gasteiger partial charge in [0.1, 0.15) is 0 Å². The molecule has 0 bridgehead atoms. The number of carbonyl (C=O) groups excluding carboxylic acids is 1. The van der Waals surface area contributed by atoms with Gasteiger partial charge in [0.2, 0.25) is 10.0 Å². The third-order valence-corrected chi connectivity index (χ3v) is 6.01. The van der Waals surface area contributed by atoms with Crippen molar-refractivity contribution in [1.29, 1.82) is 0 Å². The molecule has 0 saturated carbocycles. The number of nitrogens with one attached hydrogen (secondary N) is 1. The molecule has 5 nitrogen and oxygen atoms in total. The van der Waals surface area contributed by atoms with Crippen LogP contribution < -0.4 is 4.72 Å². The summed E-state index contributed by atoms with van der Waals surface area (Å²) in [6, 6.07) is 23.8. The van der Waals surface area contributed by atoms with Crippen LogP contribution in [0.1, 0.15) is 15.9 Å². The molecule has 1 N–H and O–H groups in total. The molecule has 0 aliphatic carbocycles. The third kappa shape index (κ3) is 4.95. The molecule has 30 heavy (non-hydrogen) atoms. The van der Waals surface area contributed by atoms with Crippen LogP contribution in [0.2, 0.25) is 0 Å². The fourth-order valence-electron chi connectivity index (χ4n) is 3.12. The van der Waals surface area contributed by atoms with E-state index in [1.165, 1.54) is 12.1 Å². The largest absolute Gasteiger partial charge is 0.337 e. The second-order valence-electron chi connectivity index (χ2n) is 6.74. The van der Waals surface area contributed by atoms with Gasteiger partial charge in [-0.1, -0.05) is 66.6 Å². The van der Waals surface area contributed by atoms with Gasteiger partial charge in [0.05, 0.1) is 11.4 Å². The van der Waals surface area contributed by atoms with Gasteiger partial charge in [-0.2, -0.15) is 4.72 Å². The summed E-state index contributed by atoms with van der Waals surface area (Å²) in [5.41, 5.74) is 3.41. The highest BCUT2D eigenvalue weighted by molar-refractivity contribution is 7.89. The summed E-state index contributed by atoms with van der Waals surface area (Å²) >= 11 is 0. The second-order valence-corrected chi connectivity index (χ2v) is 8.51. The van der Waals surface area contributed by atoms with Crippen LogP contribution in [-0.4, -0.2) is 32.8 Å². The summed E-state index contributed by atoms with van der Waals surface area (Å²) in [6.45, 7) is 0.271. The zero-order valence-corrected chi connectivity index (χ0v) is 17.4. The lowest BCUT2D eigenvalue weighted by Crippen LogP contribution is -2.27. The molecule has 0 spiro atoms. The van der Waals surface area contributed by atoms with Gasteiger partial charge in [-0.15, -0.1) is 6.42 Å². The van der Waals surface area contributed by atoms with Crippen LogP contribution in [0, 0.1) is 12.3 Å². The van der Waals surface area contributed by atoms with Crippen LogP contribution in [0.15, 0.2) is 83.8 Å². The number of benzene rings is 3. The van der Waals surface area contributed by atoms with Gasteiger partial charge in [-0.25, -0.2) is 8.42 Å². The van der Waals surface area contributed by atoms with Gasteiger partial charge in [0, 0.05) is 19.2 Å². The highest BCUT2D eigenvalue weighted by Gasteiger charge is 2.18. The van der Waals surface area contributed by atoms with E-state index in [9.17, 15) is 13.2 Å². The molecule has 0 aliphatic heterocycles. The quantitative estimate of drug-likeness (QED) is 0.597. The minimum atomic E-state index is -3.77. The molecule has 3 aromatic carbocycles. The number of carbonyl (C=O) groups is 1. The Kier molecular flexibility index (Phi) is 6.68. The second kappa shape index (κ2) is 9.40. The SMILES string of the molecule is C#CCNS(=O)(=O)c1cccc(C(=O)N(C)Cc2ccccc2-c2ccccc2)c1. The lowest BCUT2D eigenvalue weighted by molar-refractivity contribution is 0.0785. The summed E-state index contributed by atoms with van der Waals surface area (Å²) in [5.74, 6) is 1.96. The molecule has 152 valence electrons. The highest BCUT2D eigenvalue weighted by Crippen LogP contribution is 2.25. The maximum atomic E-state index is 13.0. The summed E-state index contributed by atoms with van der Waals surface area (Å²) in [5, 5.41) is 0. The summed E-state index contributed by atoms with van der Waals surface area (Å²) in [6.07, 6.45) is 5.12. The minimum Gasteiger partial charge on any atom is -0.337 e. The number of terminal acetylenes is 1. The zero-order valence-electron chi connectivity index (χ0n) is 16.6. The topological polar surface area (TPSA) is 66.5 Å². The number of sulfonamides is 1. The van der Waals surface area contributed by atoms with Crippen LogP contribution in [0.3, 0.4) is 0 Å². The first-order valence-corrected chi connectivity index (χ1v) is 10.8. The van der Waals surface area contributed by atoms with E-state index in [1.54, 1.807) is 24.1 Å². The Labute approximate surface area is 177 Å². The Morgan fingerprint density at radius 3 is 2.43 bits per heavy atom. The predicted molar refractivity (Wildman–Crippen MR) is 118 cm³/mol. The fourth-order valence-corrected chi connectivity index (χ4v) is 4.10. The molecule has 0 aliphatic rings. The van der Waals surface area contributed by atoms with E-state index in [2.05, 4.69) is 10.6 Å². The lowest BCUT2D eigenvalue weighted by Gasteiger charge is -2.20. The van der Waals surface area contributed by atoms with Crippen molar-refractivity contribution in [2.75, 3.05) is 13.6 Å². The molecule has 0 atom stereocenters. The molecule has 0 radical (unpaired) electrons.